The largest absolute Gasteiger partial charge is 0.358 e. The third kappa shape index (κ3) is 4.82. The Morgan fingerprint density at radius 2 is 1.86 bits per heavy atom. The molecule has 1 aromatic heterocycles. The van der Waals surface area contributed by atoms with E-state index in [2.05, 4.69) is 15.4 Å². The van der Waals surface area contributed by atoms with Gasteiger partial charge in [0.25, 0.3) is 0 Å². The summed E-state index contributed by atoms with van der Waals surface area (Å²) >= 11 is 0. The Morgan fingerprint density at radius 3 is 2.29 bits per heavy atom. The number of hydrogen-bond donors (Lipinski definition) is 2. The van der Waals surface area contributed by atoms with Crippen LogP contribution < -0.4 is 16.2 Å². The van der Waals surface area contributed by atoms with Crippen molar-refractivity contribution in [2.24, 2.45) is 5.84 Å². The van der Waals surface area contributed by atoms with Crippen molar-refractivity contribution in [1.82, 2.24) is 9.97 Å². The average Bonchev–Trinajstić information content (AvgIpc) is 2.34. The molecule has 0 aliphatic carbocycles. The van der Waals surface area contributed by atoms with Crippen LogP contribution in [0.4, 0.5) is 11.6 Å². The van der Waals surface area contributed by atoms with Gasteiger partial charge in [-0.15, -0.1) is 0 Å². The first kappa shape index (κ1) is 17.6. The first-order valence-electron chi connectivity index (χ1n) is 6.70. The molecule has 0 spiro atoms. The highest BCUT2D eigenvalue weighted by Crippen LogP contribution is 2.27. The fourth-order valence-electron chi connectivity index (χ4n) is 1.76. The summed E-state index contributed by atoms with van der Waals surface area (Å²) in [5.74, 6) is 7.49. The molecule has 120 valence electrons. The number of nitrogens with zero attached hydrogens (tertiary/aromatic N) is 3. The molecule has 0 unspecified atom stereocenters. The fraction of sp³-hybridized carbons (Fsp3) is 0.692. The van der Waals surface area contributed by atoms with Gasteiger partial charge >= 0.3 is 0 Å². The highest BCUT2D eigenvalue weighted by atomic mass is 32.2. The van der Waals surface area contributed by atoms with E-state index in [0.29, 0.717) is 24.0 Å². The van der Waals surface area contributed by atoms with E-state index >= 15 is 0 Å². The molecule has 0 radical (unpaired) electrons. The van der Waals surface area contributed by atoms with Crippen molar-refractivity contribution in [2.75, 3.05) is 35.9 Å². The van der Waals surface area contributed by atoms with Crippen molar-refractivity contribution in [1.29, 1.82) is 0 Å². The standard InChI is InChI=1S/C13H25N5O2S/c1-9-10(17-14)15-12(13(2,3)4)16-11(9)18(5)7-8-21(6,19)20/h7-8,14H2,1-6H3,(H,15,16,17). The van der Waals surface area contributed by atoms with Crippen LogP contribution in [0.25, 0.3) is 0 Å². The Hall–Kier alpha value is -1.41. The van der Waals surface area contributed by atoms with E-state index in [9.17, 15) is 8.42 Å². The van der Waals surface area contributed by atoms with E-state index < -0.39 is 9.84 Å². The molecule has 1 rings (SSSR count). The predicted octanol–water partition coefficient (Wildman–Crippen LogP) is 0.849. The summed E-state index contributed by atoms with van der Waals surface area (Å²) < 4.78 is 22.6. The summed E-state index contributed by atoms with van der Waals surface area (Å²) in [6.07, 6.45) is 1.22. The zero-order valence-electron chi connectivity index (χ0n) is 13.6. The maximum Gasteiger partial charge on any atom is 0.149 e. The lowest BCUT2D eigenvalue weighted by atomic mass is 9.95. The minimum atomic E-state index is -3.02. The number of hydrazine groups is 1. The average molecular weight is 315 g/mol. The molecule has 0 atom stereocenters. The minimum absolute atomic E-state index is 0.0726. The van der Waals surface area contributed by atoms with Gasteiger partial charge in [-0.25, -0.2) is 24.2 Å². The van der Waals surface area contributed by atoms with Crippen molar-refractivity contribution in [3.8, 4) is 0 Å². The molecule has 7 nitrogen and oxygen atoms in total. The van der Waals surface area contributed by atoms with Crippen LogP contribution in [0.1, 0.15) is 32.2 Å². The molecule has 0 bridgehead atoms. The van der Waals surface area contributed by atoms with Crippen LogP contribution >= 0.6 is 0 Å². The summed E-state index contributed by atoms with van der Waals surface area (Å²) in [6, 6.07) is 0. The fourth-order valence-corrected chi connectivity index (χ4v) is 2.37. The number of anilines is 2. The van der Waals surface area contributed by atoms with E-state index in [0.717, 1.165) is 5.56 Å². The topological polar surface area (TPSA) is 101 Å². The van der Waals surface area contributed by atoms with Gasteiger partial charge in [0, 0.05) is 30.8 Å². The van der Waals surface area contributed by atoms with Gasteiger partial charge in [0.2, 0.25) is 0 Å². The molecule has 0 aromatic carbocycles. The summed E-state index contributed by atoms with van der Waals surface area (Å²) in [6.45, 7) is 8.26. The Balaban J connectivity index is 3.21. The summed E-state index contributed by atoms with van der Waals surface area (Å²) in [5, 5.41) is 0. The highest BCUT2D eigenvalue weighted by molar-refractivity contribution is 7.90. The minimum Gasteiger partial charge on any atom is -0.358 e. The summed E-state index contributed by atoms with van der Waals surface area (Å²) in [5.41, 5.74) is 3.14. The number of nitrogens with two attached hydrogens (primary N) is 1. The number of nitrogen functional groups attached to an aromatic ring is 1. The zero-order chi connectivity index (χ0) is 16.4. The Bertz CT molecular complexity index is 608. The molecule has 1 aromatic rings. The monoisotopic (exact) mass is 315 g/mol. The van der Waals surface area contributed by atoms with Crippen molar-refractivity contribution in [3.05, 3.63) is 11.4 Å². The molecule has 0 amide bonds. The highest BCUT2D eigenvalue weighted by Gasteiger charge is 2.22. The quantitative estimate of drug-likeness (QED) is 0.613. The molecule has 0 saturated heterocycles. The van der Waals surface area contributed by atoms with Gasteiger partial charge < -0.3 is 10.3 Å². The molecule has 8 heteroatoms. The van der Waals surface area contributed by atoms with Gasteiger partial charge in [-0.2, -0.15) is 0 Å². The first-order valence-corrected chi connectivity index (χ1v) is 8.76. The van der Waals surface area contributed by atoms with Gasteiger partial charge in [0.05, 0.1) is 5.75 Å². The Morgan fingerprint density at radius 1 is 1.29 bits per heavy atom. The molecule has 0 aliphatic heterocycles. The van der Waals surface area contributed by atoms with Crippen molar-refractivity contribution < 1.29 is 8.42 Å². The maximum absolute atomic E-state index is 11.3. The molecular weight excluding hydrogens is 290 g/mol. The normalized spacial score (nSPS) is 12.3. The number of hydrogen-bond acceptors (Lipinski definition) is 7. The number of rotatable bonds is 5. The molecule has 0 saturated carbocycles. The number of aromatic nitrogens is 2. The first-order chi connectivity index (χ1) is 9.45. The van der Waals surface area contributed by atoms with Crippen LogP contribution in [0.15, 0.2) is 0 Å². The molecule has 1 heterocycles. The van der Waals surface area contributed by atoms with Crippen molar-refractivity contribution in [2.45, 2.75) is 33.1 Å². The van der Waals surface area contributed by atoms with Crippen LogP contribution in [0.5, 0.6) is 0 Å². The molecule has 0 fully saturated rings. The van der Waals surface area contributed by atoms with E-state index in [4.69, 9.17) is 5.84 Å². The van der Waals surface area contributed by atoms with Crippen LogP contribution in [-0.4, -0.2) is 44.0 Å². The zero-order valence-corrected chi connectivity index (χ0v) is 14.4. The van der Waals surface area contributed by atoms with Gasteiger partial charge in [-0.3, -0.25) is 0 Å². The van der Waals surface area contributed by atoms with Crippen LogP contribution in [0, 0.1) is 6.92 Å². The van der Waals surface area contributed by atoms with Gasteiger partial charge in [-0.05, 0) is 6.92 Å². The molecular formula is C13H25N5O2S. The lowest BCUT2D eigenvalue weighted by Crippen LogP contribution is -2.29. The summed E-state index contributed by atoms with van der Waals surface area (Å²) in [4.78, 5) is 10.8. The maximum atomic E-state index is 11.3. The van der Waals surface area contributed by atoms with Crippen LogP contribution in [-0.2, 0) is 15.3 Å². The third-order valence-corrected chi connectivity index (χ3v) is 4.01. The van der Waals surface area contributed by atoms with Gasteiger partial charge in [0.1, 0.15) is 27.3 Å². The molecule has 21 heavy (non-hydrogen) atoms. The molecule has 3 N–H and O–H groups in total. The van der Waals surface area contributed by atoms with Crippen LogP contribution in [0.2, 0.25) is 0 Å². The number of nitrogens with one attached hydrogen (secondary N) is 1. The summed E-state index contributed by atoms with van der Waals surface area (Å²) in [7, 11) is -1.21. The predicted molar refractivity (Wildman–Crippen MR) is 86.3 cm³/mol. The van der Waals surface area contributed by atoms with E-state index in [-0.39, 0.29) is 11.2 Å². The Labute approximate surface area is 126 Å². The van der Waals surface area contributed by atoms with E-state index in [1.165, 1.54) is 6.26 Å². The lowest BCUT2D eigenvalue weighted by molar-refractivity contribution is 0.544. The van der Waals surface area contributed by atoms with Crippen molar-refractivity contribution in [3.63, 3.8) is 0 Å². The smallest absolute Gasteiger partial charge is 0.149 e. The third-order valence-electron chi connectivity index (χ3n) is 3.09. The second kappa shape index (κ2) is 6.15. The SMILES string of the molecule is Cc1c(NN)nc(C(C)(C)C)nc1N(C)CCS(C)(=O)=O. The van der Waals surface area contributed by atoms with Gasteiger partial charge in [-0.1, -0.05) is 20.8 Å². The van der Waals surface area contributed by atoms with Crippen LogP contribution in [0.3, 0.4) is 0 Å². The molecule has 0 aliphatic rings. The van der Waals surface area contributed by atoms with Gasteiger partial charge in [0.15, 0.2) is 0 Å². The van der Waals surface area contributed by atoms with Crippen molar-refractivity contribution >= 4 is 21.5 Å². The lowest BCUT2D eigenvalue weighted by Gasteiger charge is -2.25. The Kier molecular flexibility index (Phi) is 5.16. The number of sulfone groups is 1. The van der Waals surface area contributed by atoms with E-state index in [1.54, 1.807) is 0 Å². The second-order valence-electron chi connectivity index (χ2n) is 6.29. The second-order valence-corrected chi connectivity index (χ2v) is 8.55. The van der Waals surface area contributed by atoms with E-state index in [1.807, 2.05) is 39.6 Å².